The van der Waals surface area contributed by atoms with Gasteiger partial charge in [-0.2, -0.15) is 5.26 Å². The minimum atomic E-state index is -0.159. The van der Waals surface area contributed by atoms with E-state index in [0.717, 1.165) is 13.1 Å². The van der Waals surface area contributed by atoms with Gasteiger partial charge < -0.3 is 9.64 Å². The van der Waals surface area contributed by atoms with Crippen LogP contribution in [-0.2, 0) is 9.53 Å². The molecule has 0 aliphatic rings. The zero-order valence-corrected chi connectivity index (χ0v) is 9.82. The molecule has 0 rings (SSSR count). The van der Waals surface area contributed by atoms with Crippen molar-refractivity contribution < 1.29 is 9.53 Å². The highest BCUT2D eigenvalue weighted by Gasteiger charge is 2.16. The van der Waals surface area contributed by atoms with Gasteiger partial charge in [0.25, 0.3) is 0 Å². The van der Waals surface area contributed by atoms with E-state index in [0.29, 0.717) is 19.6 Å². The van der Waals surface area contributed by atoms with Crippen molar-refractivity contribution >= 4 is 5.97 Å². The van der Waals surface area contributed by atoms with E-state index in [1.807, 2.05) is 13.8 Å². The molecule has 4 nitrogen and oxygen atoms in total. The van der Waals surface area contributed by atoms with Crippen LogP contribution in [0.1, 0.15) is 27.2 Å². The highest BCUT2D eigenvalue weighted by Crippen LogP contribution is 2.03. The predicted octanol–water partition coefficient (Wildman–Crippen LogP) is 1.42. The molecule has 0 aromatic heterocycles. The van der Waals surface area contributed by atoms with E-state index in [4.69, 9.17) is 10.00 Å². The van der Waals surface area contributed by atoms with Crippen molar-refractivity contribution in [1.82, 2.24) is 4.90 Å². The molecule has 0 fully saturated rings. The Morgan fingerprint density at radius 1 is 1.53 bits per heavy atom. The van der Waals surface area contributed by atoms with E-state index >= 15 is 0 Å². The summed E-state index contributed by atoms with van der Waals surface area (Å²) >= 11 is 0. The van der Waals surface area contributed by atoms with Crippen molar-refractivity contribution in [2.45, 2.75) is 27.2 Å². The average molecular weight is 212 g/mol. The molecule has 0 spiro atoms. The van der Waals surface area contributed by atoms with Crippen molar-refractivity contribution in [3.05, 3.63) is 0 Å². The number of esters is 1. The molecule has 0 N–H and O–H groups in total. The molecule has 0 aromatic rings. The van der Waals surface area contributed by atoms with Gasteiger partial charge in [0.1, 0.15) is 0 Å². The number of hydrogen-bond donors (Lipinski definition) is 0. The summed E-state index contributed by atoms with van der Waals surface area (Å²) in [5.41, 5.74) is 0. The van der Waals surface area contributed by atoms with Crippen LogP contribution < -0.4 is 0 Å². The van der Waals surface area contributed by atoms with Crippen molar-refractivity contribution in [3.63, 3.8) is 0 Å². The Morgan fingerprint density at radius 2 is 2.20 bits per heavy atom. The van der Waals surface area contributed by atoms with E-state index in [1.165, 1.54) is 0 Å². The maximum Gasteiger partial charge on any atom is 0.309 e. The lowest BCUT2D eigenvalue weighted by Crippen LogP contribution is -2.33. The van der Waals surface area contributed by atoms with Gasteiger partial charge in [-0.25, -0.2) is 0 Å². The summed E-state index contributed by atoms with van der Waals surface area (Å²) in [6, 6.07) is 2.10. The Morgan fingerprint density at radius 3 is 2.67 bits per heavy atom. The van der Waals surface area contributed by atoms with E-state index in [2.05, 4.69) is 11.0 Å². The zero-order valence-electron chi connectivity index (χ0n) is 9.82. The monoisotopic (exact) mass is 212 g/mol. The maximum absolute atomic E-state index is 11.4. The van der Waals surface area contributed by atoms with Gasteiger partial charge in [0, 0.05) is 19.5 Å². The van der Waals surface area contributed by atoms with Crippen LogP contribution in [0.15, 0.2) is 0 Å². The Labute approximate surface area is 91.8 Å². The first kappa shape index (κ1) is 13.9. The topological polar surface area (TPSA) is 53.3 Å². The van der Waals surface area contributed by atoms with Crippen LogP contribution in [0, 0.1) is 17.2 Å². The van der Waals surface area contributed by atoms with Gasteiger partial charge in [0.05, 0.1) is 18.6 Å². The number of nitriles is 1. The van der Waals surface area contributed by atoms with Gasteiger partial charge in [-0.3, -0.25) is 4.79 Å². The first-order valence-corrected chi connectivity index (χ1v) is 5.41. The van der Waals surface area contributed by atoms with E-state index in [1.54, 1.807) is 6.92 Å². The number of carbonyl (C=O) groups excluding carboxylic acids is 1. The largest absolute Gasteiger partial charge is 0.466 e. The first-order chi connectivity index (χ1) is 7.15. The van der Waals surface area contributed by atoms with Gasteiger partial charge in [-0.05, 0) is 13.5 Å². The lowest BCUT2D eigenvalue weighted by atomic mass is 10.1. The van der Waals surface area contributed by atoms with Crippen LogP contribution in [0.3, 0.4) is 0 Å². The second-order valence-electron chi connectivity index (χ2n) is 3.45. The van der Waals surface area contributed by atoms with Crippen molar-refractivity contribution in [2.24, 2.45) is 5.92 Å². The summed E-state index contributed by atoms with van der Waals surface area (Å²) in [6.07, 6.45) is 0.503. The first-order valence-electron chi connectivity index (χ1n) is 5.41. The molecule has 0 amide bonds. The molecular weight excluding hydrogens is 192 g/mol. The third-order valence-electron chi connectivity index (χ3n) is 2.21. The molecule has 0 radical (unpaired) electrons. The Hall–Kier alpha value is -1.08. The zero-order chi connectivity index (χ0) is 11.7. The molecule has 0 heterocycles. The summed E-state index contributed by atoms with van der Waals surface area (Å²) in [6.45, 7) is 8.34. The quantitative estimate of drug-likeness (QED) is 0.599. The minimum absolute atomic E-state index is 0.122. The van der Waals surface area contributed by atoms with Crippen molar-refractivity contribution in [2.75, 3.05) is 26.2 Å². The van der Waals surface area contributed by atoms with Gasteiger partial charge >= 0.3 is 5.97 Å². The molecule has 0 saturated heterocycles. The van der Waals surface area contributed by atoms with E-state index in [9.17, 15) is 4.79 Å². The molecule has 0 aromatic carbocycles. The Balaban J connectivity index is 3.95. The molecule has 1 unspecified atom stereocenters. The van der Waals surface area contributed by atoms with Crippen molar-refractivity contribution in [3.8, 4) is 6.07 Å². The fraction of sp³-hybridized carbons (Fsp3) is 0.818. The van der Waals surface area contributed by atoms with Crippen LogP contribution in [0.4, 0.5) is 0 Å². The second kappa shape index (κ2) is 8.25. The van der Waals surface area contributed by atoms with Crippen LogP contribution in [0.25, 0.3) is 0 Å². The fourth-order valence-electron chi connectivity index (χ4n) is 1.33. The van der Waals surface area contributed by atoms with Crippen LogP contribution in [0.5, 0.6) is 0 Å². The standard InChI is InChI=1S/C11H20N2O2/c1-4-13(8-6-7-12)9-10(3)11(14)15-5-2/h10H,4-6,8-9H2,1-3H3. The number of ether oxygens (including phenoxy) is 1. The van der Waals surface area contributed by atoms with Gasteiger partial charge in [0.2, 0.25) is 0 Å². The minimum Gasteiger partial charge on any atom is -0.466 e. The molecule has 4 heteroatoms. The lowest BCUT2D eigenvalue weighted by Gasteiger charge is -2.22. The van der Waals surface area contributed by atoms with Crippen LogP contribution in [0.2, 0.25) is 0 Å². The Kier molecular flexibility index (Phi) is 7.65. The van der Waals surface area contributed by atoms with Gasteiger partial charge in [-0.15, -0.1) is 0 Å². The third kappa shape index (κ3) is 6.08. The normalized spacial score (nSPS) is 12.2. The van der Waals surface area contributed by atoms with Crippen molar-refractivity contribution in [1.29, 1.82) is 5.26 Å². The summed E-state index contributed by atoms with van der Waals surface area (Å²) < 4.78 is 4.92. The average Bonchev–Trinajstić information content (AvgIpc) is 2.24. The molecule has 1 atom stereocenters. The number of hydrogen-bond acceptors (Lipinski definition) is 4. The summed E-state index contributed by atoms with van der Waals surface area (Å²) in [5.74, 6) is -0.281. The molecule has 0 aliphatic heterocycles. The molecule has 0 bridgehead atoms. The molecule has 15 heavy (non-hydrogen) atoms. The third-order valence-corrected chi connectivity index (χ3v) is 2.21. The Bertz CT molecular complexity index is 223. The highest BCUT2D eigenvalue weighted by atomic mass is 16.5. The number of carbonyl (C=O) groups is 1. The van der Waals surface area contributed by atoms with Gasteiger partial charge in [-0.1, -0.05) is 13.8 Å². The SMILES string of the molecule is CCOC(=O)C(C)CN(CC)CCC#N. The van der Waals surface area contributed by atoms with Gasteiger partial charge in [0.15, 0.2) is 0 Å². The second-order valence-corrected chi connectivity index (χ2v) is 3.45. The molecular formula is C11H20N2O2. The molecule has 0 aliphatic carbocycles. The highest BCUT2D eigenvalue weighted by molar-refractivity contribution is 5.72. The van der Waals surface area contributed by atoms with E-state index < -0.39 is 0 Å². The predicted molar refractivity (Wildman–Crippen MR) is 58.1 cm³/mol. The summed E-state index contributed by atoms with van der Waals surface area (Å²) in [4.78, 5) is 13.4. The van der Waals surface area contributed by atoms with Crippen LogP contribution >= 0.6 is 0 Å². The number of rotatable bonds is 7. The molecule has 0 saturated carbocycles. The maximum atomic E-state index is 11.4. The molecule has 86 valence electrons. The lowest BCUT2D eigenvalue weighted by molar-refractivity contribution is -0.148. The summed E-state index contributed by atoms with van der Waals surface area (Å²) in [7, 11) is 0. The summed E-state index contributed by atoms with van der Waals surface area (Å²) in [5, 5.41) is 8.47. The number of nitrogens with zero attached hydrogens (tertiary/aromatic N) is 2. The van der Waals surface area contributed by atoms with E-state index in [-0.39, 0.29) is 11.9 Å². The van der Waals surface area contributed by atoms with Crippen LogP contribution in [-0.4, -0.2) is 37.1 Å². The smallest absolute Gasteiger partial charge is 0.309 e. The fourth-order valence-corrected chi connectivity index (χ4v) is 1.33.